The molecule has 0 aromatic heterocycles. The lowest BCUT2D eigenvalue weighted by atomic mass is 9.95. The van der Waals surface area contributed by atoms with Crippen LogP contribution in [0, 0.1) is 5.82 Å². The predicted molar refractivity (Wildman–Crippen MR) is 116 cm³/mol. The van der Waals surface area contributed by atoms with Crippen LogP contribution in [-0.4, -0.2) is 23.9 Å². The van der Waals surface area contributed by atoms with Crippen LogP contribution in [0.5, 0.6) is 5.75 Å². The van der Waals surface area contributed by atoms with E-state index in [1.54, 1.807) is 48.5 Å². The van der Waals surface area contributed by atoms with Crippen LogP contribution >= 0.6 is 11.6 Å². The lowest BCUT2D eigenvalue weighted by Gasteiger charge is -2.25. The molecular weight excluding hydrogens is 421 g/mol. The van der Waals surface area contributed by atoms with Crippen molar-refractivity contribution in [3.05, 3.63) is 100 Å². The third kappa shape index (κ3) is 3.78. The second-order valence-corrected chi connectivity index (χ2v) is 7.37. The Kier molecular flexibility index (Phi) is 5.48. The van der Waals surface area contributed by atoms with Gasteiger partial charge in [0.2, 0.25) is 0 Å². The van der Waals surface area contributed by atoms with E-state index in [2.05, 4.69) is 0 Å². The number of rotatable bonds is 4. The van der Waals surface area contributed by atoms with Crippen molar-refractivity contribution in [3.8, 4) is 5.75 Å². The van der Waals surface area contributed by atoms with E-state index in [9.17, 15) is 19.1 Å². The van der Waals surface area contributed by atoms with E-state index in [0.717, 1.165) is 0 Å². The summed E-state index contributed by atoms with van der Waals surface area (Å²) in [6, 6.07) is 17.5. The molecule has 0 radical (unpaired) electrons. The maximum atomic E-state index is 13.9. The zero-order chi connectivity index (χ0) is 22.1. The van der Waals surface area contributed by atoms with Crippen molar-refractivity contribution in [2.45, 2.75) is 6.04 Å². The van der Waals surface area contributed by atoms with Gasteiger partial charge in [0.1, 0.15) is 17.3 Å². The highest BCUT2D eigenvalue weighted by atomic mass is 35.5. The van der Waals surface area contributed by atoms with Crippen LogP contribution in [0.15, 0.2) is 78.4 Å². The zero-order valence-electron chi connectivity index (χ0n) is 16.4. The van der Waals surface area contributed by atoms with E-state index >= 15 is 0 Å². The van der Waals surface area contributed by atoms with Crippen LogP contribution in [-0.2, 0) is 9.59 Å². The van der Waals surface area contributed by atoms with Gasteiger partial charge in [-0.2, -0.15) is 0 Å². The van der Waals surface area contributed by atoms with E-state index in [1.807, 2.05) is 0 Å². The molecule has 1 saturated heterocycles. The van der Waals surface area contributed by atoms with Gasteiger partial charge in [0.25, 0.3) is 11.7 Å². The van der Waals surface area contributed by atoms with Crippen molar-refractivity contribution in [3.63, 3.8) is 0 Å². The minimum Gasteiger partial charge on any atom is -0.507 e. The molecule has 1 unspecified atom stereocenters. The molecule has 3 aromatic carbocycles. The van der Waals surface area contributed by atoms with Crippen molar-refractivity contribution < 1.29 is 23.8 Å². The summed E-state index contributed by atoms with van der Waals surface area (Å²) in [7, 11) is 1.48. The molecule has 1 aliphatic rings. The van der Waals surface area contributed by atoms with Gasteiger partial charge < -0.3 is 9.84 Å². The number of methoxy groups -OCH3 is 1. The molecule has 31 heavy (non-hydrogen) atoms. The average Bonchev–Trinajstić information content (AvgIpc) is 3.04. The average molecular weight is 438 g/mol. The topological polar surface area (TPSA) is 66.8 Å². The van der Waals surface area contributed by atoms with Crippen LogP contribution in [0.4, 0.5) is 10.1 Å². The molecule has 5 nitrogen and oxygen atoms in total. The third-order valence-electron chi connectivity index (χ3n) is 5.06. The van der Waals surface area contributed by atoms with Gasteiger partial charge in [-0.3, -0.25) is 14.5 Å². The van der Waals surface area contributed by atoms with E-state index in [4.69, 9.17) is 16.3 Å². The number of aliphatic hydroxyl groups is 1. The summed E-state index contributed by atoms with van der Waals surface area (Å²) in [6.45, 7) is 0. The van der Waals surface area contributed by atoms with E-state index < -0.39 is 23.5 Å². The summed E-state index contributed by atoms with van der Waals surface area (Å²) in [6.07, 6.45) is 0. The van der Waals surface area contributed by atoms with Crippen LogP contribution < -0.4 is 9.64 Å². The first-order chi connectivity index (χ1) is 14.9. The van der Waals surface area contributed by atoms with Crippen molar-refractivity contribution >= 4 is 34.7 Å². The summed E-state index contributed by atoms with van der Waals surface area (Å²) in [4.78, 5) is 27.2. The molecule has 3 aromatic rings. The van der Waals surface area contributed by atoms with Crippen LogP contribution in [0.1, 0.15) is 17.2 Å². The van der Waals surface area contributed by atoms with Crippen LogP contribution in [0.3, 0.4) is 0 Å². The van der Waals surface area contributed by atoms with Gasteiger partial charge >= 0.3 is 0 Å². The van der Waals surface area contributed by atoms with Crippen LogP contribution in [0.25, 0.3) is 5.76 Å². The Labute approximate surface area is 182 Å². The second kappa shape index (κ2) is 8.24. The number of ether oxygens (including phenoxy) is 1. The third-order valence-corrected chi connectivity index (χ3v) is 5.31. The number of Topliss-reactive ketones (excluding diaryl/α,β-unsaturated/α-hetero) is 1. The lowest BCUT2D eigenvalue weighted by molar-refractivity contribution is -0.132. The molecule has 156 valence electrons. The predicted octanol–water partition coefficient (Wildman–Crippen LogP) is 5.11. The number of carbonyl (C=O) groups is 2. The van der Waals surface area contributed by atoms with Gasteiger partial charge in [-0.05, 0) is 48.0 Å². The fourth-order valence-electron chi connectivity index (χ4n) is 3.61. The molecular formula is C24H17ClFNO4. The first kappa shape index (κ1) is 20.6. The number of nitrogens with zero attached hydrogens (tertiary/aromatic N) is 1. The highest BCUT2D eigenvalue weighted by Crippen LogP contribution is 2.42. The maximum Gasteiger partial charge on any atom is 0.300 e. The number of carbonyl (C=O) groups excluding carboxylic acids is 2. The molecule has 0 bridgehead atoms. The molecule has 0 aliphatic carbocycles. The van der Waals surface area contributed by atoms with Gasteiger partial charge in [0.05, 0.1) is 18.7 Å². The van der Waals surface area contributed by atoms with Crippen LogP contribution in [0.2, 0.25) is 5.02 Å². The van der Waals surface area contributed by atoms with E-state index in [1.165, 1.54) is 36.3 Å². The summed E-state index contributed by atoms with van der Waals surface area (Å²) in [5.41, 5.74) is 0.949. The first-order valence-electron chi connectivity index (χ1n) is 9.37. The van der Waals surface area contributed by atoms with Crippen molar-refractivity contribution in [2.75, 3.05) is 12.0 Å². The van der Waals surface area contributed by atoms with E-state index in [-0.39, 0.29) is 17.0 Å². The summed E-state index contributed by atoms with van der Waals surface area (Å²) in [5, 5.41) is 11.5. The Morgan fingerprint density at radius 1 is 1.03 bits per heavy atom. The molecule has 0 saturated carbocycles. The van der Waals surface area contributed by atoms with Crippen molar-refractivity contribution in [1.82, 2.24) is 0 Å². The number of aliphatic hydroxyl groups excluding tert-OH is 1. The minimum atomic E-state index is -0.967. The molecule has 7 heteroatoms. The summed E-state index contributed by atoms with van der Waals surface area (Å²) in [5.74, 6) is -2.16. The standard InChI is InChI=1S/C24H17ClFNO4/c1-31-19-7-2-4-15(12-19)22(28)20-21(14-8-10-16(25)11-9-14)27(24(30)23(20)29)18-6-3-5-17(26)13-18/h2-13,21,28H,1H3/b22-20+. The maximum absolute atomic E-state index is 13.9. The minimum absolute atomic E-state index is 0.107. The smallest absolute Gasteiger partial charge is 0.300 e. The fraction of sp³-hybridized carbons (Fsp3) is 0.0833. The normalized spacial score (nSPS) is 17.8. The van der Waals surface area contributed by atoms with Crippen molar-refractivity contribution in [2.24, 2.45) is 0 Å². The quantitative estimate of drug-likeness (QED) is 0.350. The Hall–Kier alpha value is -3.64. The van der Waals surface area contributed by atoms with Gasteiger partial charge in [-0.1, -0.05) is 41.9 Å². The monoisotopic (exact) mass is 437 g/mol. The largest absolute Gasteiger partial charge is 0.507 e. The molecule has 1 aliphatic heterocycles. The number of ketones is 1. The van der Waals surface area contributed by atoms with Crippen molar-refractivity contribution in [1.29, 1.82) is 0 Å². The molecule has 1 amide bonds. The zero-order valence-corrected chi connectivity index (χ0v) is 17.1. The number of hydrogen-bond donors (Lipinski definition) is 1. The molecule has 1 fully saturated rings. The molecule has 1 heterocycles. The number of amides is 1. The second-order valence-electron chi connectivity index (χ2n) is 6.93. The summed E-state index contributed by atoms with van der Waals surface area (Å²) < 4.78 is 19.1. The highest BCUT2D eigenvalue weighted by molar-refractivity contribution is 6.51. The highest BCUT2D eigenvalue weighted by Gasteiger charge is 2.47. The molecule has 1 N–H and O–H groups in total. The Balaban J connectivity index is 1.95. The van der Waals surface area contributed by atoms with Gasteiger partial charge in [-0.25, -0.2) is 4.39 Å². The van der Waals surface area contributed by atoms with Gasteiger partial charge in [0, 0.05) is 16.3 Å². The number of hydrogen-bond acceptors (Lipinski definition) is 4. The van der Waals surface area contributed by atoms with Gasteiger partial charge in [0.15, 0.2) is 0 Å². The molecule has 4 rings (SSSR count). The Morgan fingerprint density at radius 2 is 1.74 bits per heavy atom. The number of anilines is 1. The Bertz CT molecular complexity index is 1210. The lowest BCUT2D eigenvalue weighted by Crippen LogP contribution is -2.29. The fourth-order valence-corrected chi connectivity index (χ4v) is 3.74. The SMILES string of the molecule is COc1cccc(/C(O)=C2\C(=O)C(=O)N(c3cccc(F)c3)C2c2ccc(Cl)cc2)c1. The molecule has 1 atom stereocenters. The Morgan fingerprint density at radius 3 is 2.42 bits per heavy atom. The van der Waals surface area contributed by atoms with Gasteiger partial charge in [-0.15, -0.1) is 0 Å². The van der Waals surface area contributed by atoms with E-state index in [0.29, 0.717) is 21.9 Å². The summed E-state index contributed by atoms with van der Waals surface area (Å²) >= 11 is 6.01. The number of benzene rings is 3. The molecule has 0 spiro atoms. The number of halogens is 2. The first-order valence-corrected chi connectivity index (χ1v) is 9.75.